The third-order valence-corrected chi connectivity index (χ3v) is 4.40. The molecule has 0 saturated carbocycles. The van der Waals surface area contributed by atoms with Crippen LogP contribution in [-0.4, -0.2) is 15.9 Å². The third-order valence-electron chi connectivity index (χ3n) is 4.40. The molecule has 0 spiro atoms. The highest BCUT2D eigenvalue weighted by atomic mass is 16.1. The van der Waals surface area contributed by atoms with Crippen molar-refractivity contribution in [3.8, 4) is 11.3 Å². The zero-order valence-electron chi connectivity index (χ0n) is 14.7. The van der Waals surface area contributed by atoms with Crippen molar-refractivity contribution in [1.82, 2.24) is 9.97 Å². The number of anilines is 1. The molecule has 1 aromatic heterocycles. The number of fused-ring (bicyclic) bond motifs is 1. The smallest absolute Gasteiger partial charge is 0.275 e. The highest BCUT2D eigenvalue weighted by molar-refractivity contribution is 6.06. The first-order valence-corrected chi connectivity index (χ1v) is 8.59. The van der Waals surface area contributed by atoms with Crippen LogP contribution in [0.25, 0.3) is 22.3 Å². The lowest BCUT2D eigenvalue weighted by atomic mass is 10.0. The van der Waals surface area contributed by atoms with Gasteiger partial charge in [0.25, 0.3) is 11.5 Å². The molecule has 5 heteroatoms. The van der Waals surface area contributed by atoms with Gasteiger partial charge in [-0.05, 0) is 36.8 Å². The number of para-hydroxylation sites is 3. The molecule has 0 unspecified atom stereocenters. The van der Waals surface area contributed by atoms with E-state index in [1.807, 2.05) is 61.5 Å². The van der Waals surface area contributed by atoms with Crippen LogP contribution in [0.1, 0.15) is 15.9 Å². The second-order valence-corrected chi connectivity index (χ2v) is 6.25. The average molecular weight is 355 g/mol. The molecule has 1 amide bonds. The maximum atomic E-state index is 12.6. The summed E-state index contributed by atoms with van der Waals surface area (Å²) in [4.78, 5) is 32.6. The minimum absolute atomic E-state index is 0.233. The summed E-state index contributed by atoms with van der Waals surface area (Å²) in [6, 6.07) is 21.8. The summed E-state index contributed by atoms with van der Waals surface area (Å²) in [6.07, 6.45) is 0. The number of aromatic amines is 1. The van der Waals surface area contributed by atoms with Crippen LogP contribution >= 0.6 is 0 Å². The van der Waals surface area contributed by atoms with Gasteiger partial charge in [0, 0.05) is 11.1 Å². The van der Waals surface area contributed by atoms with Crippen LogP contribution in [0.2, 0.25) is 0 Å². The fraction of sp³-hybridized carbons (Fsp3) is 0.0455. The van der Waals surface area contributed by atoms with Crippen molar-refractivity contribution in [3.63, 3.8) is 0 Å². The monoisotopic (exact) mass is 355 g/mol. The lowest BCUT2D eigenvalue weighted by Crippen LogP contribution is -2.16. The van der Waals surface area contributed by atoms with Crippen molar-refractivity contribution < 1.29 is 4.79 Å². The molecule has 0 aliphatic carbocycles. The highest BCUT2D eigenvalue weighted by Crippen LogP contribution is 2.29. The number of rotatable bonds is 3. The maximum absolute atomic E-state index is 12.6. The van der Waals surface area contributed by atoms with Crippen LogP contribution in [-0.2, 0) is 0 Å². The Morgan fingerprint density at radius 2 is 1.67 bits per heavy atom. The summed E-state index contributed by atoms with van der Waals surface area (Å²) in [6.45, 7) is 1.89. The lowest BCUT2D eigenvalue weighted by molar-refractivity contribution is 0.102. The van der Waals surface area contributed by atoms with Gasteiger partial charge in [-0.25, -0.2) is 4.98 Å². The van der Waals surface area contributed by atoms with Gasteiger partial charge >= 0.3 is 0 Å². The minimum Gasteiger partial charge on any atom is -0.321 e. The lowest BCUT2D eigenvalue weighted by Gasteiger charge is -2.14. The third kappa shape index (κ3) is 3.22. The maximum Gasteiger partial charge on any atom is 0.275 e. The minimum atomic E-state index is -0.297. The van der Waals surface area contributed by atoms with Gasteiger partial charge in [0.2, 0.25) is 0 Å². The fourth-order valence-electron chi connectivity index (χ4n) is 3.02. The van der Waals surface area contributed by atoms with E-state index in [1.165, 1.54) is 0 Å². The molecule has 27 heavy (non-hydrogen) atoms. The SMILES string of the molecule is Cc1cccc(-c2nc3ccccc3[nH]c2=O)c1NC(=O)c1ccccc1. The fourth-order valence-corrected chi connectivity index (χ4v) is 3.02. The Balaban J connectivity index is 1.83. The van der Waals surface area contributed by atoms with E-state index in [4.69, 9.17) is 0 Å². The number of H-pyrrole nitrogens is 1. The number of hydrogen-bond acceptors (Lipinski definition) is 3. The van der Waals surface area contributed by atoms with Crippen LogP contribution in [0.5, 0.6) is 0 Å². The molecule has 4 aromatic rings. The quantitative estimate of drug-likeness (QED) is 0.580. The standard InChI is InChI=1S/C22H17N3O2/c1-14-8-7-11-16(19(14)25-21(26)15-9-3-2-4-10-15)20-22(27)24-18-13-6-5-12-17(18)23-20/h2-13H,1H3,(H,24,27)(H,25,26). The van der Waals surface area contributed by atoms with Crippen LogP contribution in [0, 0.1) is 6.92 Å². The molecule has 132 valence electrons. The van der Waals surface area contributed by atoms with Crippen molar-refractivity contribution in [2.24, 2.45) is 0 Å². The number of aryl methyl sites for hydroxylation is 1. The van der Waals surface area contributed by atoms with Crippen molar-refractivity contribution >= 4 is 22.6 Å². The Bertz CT molecular complexity index is 1200. The predicted molar refractivity (Wildman–Crippen MR) is 107 cm³/mol. The van der Waals surface area contributed by atoms with Crippen LogP contribution in [0.15, 0.2) is 77.6 Å². The summed E-state index contributed by atoms with van der Waals surface area (Å²) in [5, 5.41) is 2.94. The van der Waals surface area contributed by atoms with Gasteiger partial charge in [-0.15, -0.1) is 0 Å². The zero-order chi connectivity index (χ0) is 18.8. The number of aromatic nitrogens is 2. The van der Waals surface area contributed by atoms with Crippen molar-refractivity contribution in [2.45, 2.75) is 6.92 Å². The molecule has 3 aromatic carbocycles. The summed E-state index contributed by atoms with van der Waals surface area (Å²) in [5.41, 5.74) is 3.92. The second kappa shape index (κ2) is 6.88. The molecule has 2 N–H and O–H groups in total. The van der Waals surface area contributed by atoms with E-state index in [0.29, 0.717) is 27.8 Å². The number of nitrogens with one attached hydrogen (secondary N) is 2. The van der Waals surface area contributed by atoms with E-state index >= 15 is 0 Å². The first kappa shape index (κ1) is 16.7. The summed E-state index contributed by atoms with van der Waals surface area (Å²) < 4.78 is 0. The number of hydrogen-bond donors (Lipinski definition) is 2. The van der Waals surface area contributed by atoms with Crippen LogP contribution in [0.4, 0.5) is 5.69 Å². The van der Waals surface area contributed by atoms with Gasteiger partial charge in [0.15, 0.2) is 0 Å². The van der Waals surface area contributed by atoms with E-state index < -0.39 is 0 Å². The number of carbonyl (C=O) groups is 1. The van der Waals surface area contributed by atoms with Crippen molar-refractivity contribution in [3.05, 3.63) is 94.3 Å². The number of amides is 1. The van der Waals surface area contributed by atoms with Gasteiger partial charge < -0.3 is 10.3 Å². The topological polar surface area (TPSA) is 74.8 Å². The van der Waals surface area contributed by atoms with Gasteiger partial charge in [0.05, 0.1) is 16.7 Å². The van der Waals surface area contributed by atoms with Gasteiger partial charge in [-0.3, -0.25) is 9.59 Å². The number of carbonyl (C=O) groups excluding carboxylic acids is 1. The second-order valence-electron chi connectivity index (χ2n) is 6.25. The molecule has 0 atom stereocenters. The Hall–Kier alpha value is -3.73. The molecule has 5 nitrogen and oxygen atoms in total. The Morgan fingerprint density at radius 1 is 0.926 bits per heavy atom. The molecule has 0 fully saturated rings. The van der Waals surface area contributed by atoms with E-state index in [-0.39, 0.29) is 17.2 Å². The Kier molecular flexibility index (Phi) is 4.26. The Labute approximate surface area is 155 Å². The van der Waals surface area contributed by atoms with Gasteiger partial charge in [0.1, 0.15) is 5.69 Å². The molecule has 1 heterocycles. The molecular weight excluding hydrogens is 338 g/mol. The molecule has 4 rings (SSSR count). The van der Waals surface area contributed by atoms with Crippen molar-refractivity contribution in [1.29, 1.82) is 0 Å². The summed E-state index contributed by atoms with van der Waals surface area (Å²) in [5.74, 6) is -0.233. The van der Waals surface area contributed by atoms with Crippen LogP contribution < -0.4 is 10.9 Å². The molecule has 0 radical (unpaired) electrons. The van der Waals surface area contributed by atoms with Crippen molar-refractivity contribution in [2.75, 3.05) is 5.32 Å². The van der Waals surface area contributed by atoms with E-state index in [2.05, 4.69) is 15.3 Å². The molecular formula is C22H17N3O2. The molecule has 0 aliphatic heterocycles. The first-order valence-electron chi connectivity index (χ1n) is 8.59. The highest BCUT2D eigenvalue weighted by Gasteiger charge is 2.16. The normalized spacial score (nSPS) is 10.7. The zero-order valence-corrected chi connectivity index (χ0v) is 14.7. The molecule has 0 bridgehead atoms. The molecule has 0 aliphatic rings. The molecule has 0 saturated heterocycles. The largest absolute Gasteiger partial charge is 0.321 e. The van der Waals surface area contributed by atoms with Crippen LogP contribution in [0.3, 0.4) is 0 Å². The number of benzene rings is 3. The van der Waals surface area contributed by atoms with E-state index in [9.17, 15) is 9.59 Å². The first-order chi connectivity index (χ1) is 13.1. The van der Waals surface area contributed by atoms with Gasteiger partial charge in [-0.2, -0.15) is 0 Å². The summed E-state index contributed by atoms with van der Waals surface area (Å²) in [7, 11) is 0. The summed E-state index contributed by atoms with van der Waals surface area (Å²) >= 11 is 0. The Morgan fingerprint density at radius 3 is 2.48 bits per heavy atom. The van der Waals surface area contributed by atoms with E-state index in [1.54, 1.807) is 18.2 Å². The van der Waals surface area contributed by atoms with Gasteiger partial charge in [-0.1, -0.05) is 48.5 Å². The number of nitrogens with zero attached hydrogens (tertiary/aromatic N) is 1. The average Bonchev–Trinajstić information content (AvgIpc) is 2.69. The predicted octanol–water partition coefficient (Wildman–Crippen LogP) is 4.15. The van der Waals surface area contributed by atoms with E-state index in [0.717, 1.165) is 5.56 Å².